The monoisotopic (exact) mass is 247 g/mol. The maximum absolute atomic E-state index is 13.2. The first-order valence-electron chi connectivity index (χ1n) is 6.04. The van der Waals surface area contributed by atoms with Gasteiger partial charge in [-0.3, -0.25) is 0 Å². The number of nitrogens with two attached hydrogens (primary N) is 1. The fraction of sp³-hybridized carbons (Fsp3) is 0.357. The van der Waals surface area contributed by atoms with E-state index >= 15 is 0 Å². The van der Waals surface area contributed by atoms with Crippen LogP contribution < -0.4 is 5.73 Å². The van der Waals surface area contributed by atoms with Crippen LogP contribution in [0, 0.1) is 5.82 Å². The van der Waals surface area contributed by atoms with Gasteiger partial charge in [0.05, 0.1) is 11.9 Å². The maximum atomic E-state index is 13.2. The predicted molar refractivity (Wildman–Crippen MR) is 70.7 cm³/mol. The van der Waals surface area contributed by atoms with Gasteiger partial charge in [-0.05, 0) is 25.1 Å². The lowest BCUT2D eigenvalue weighted by molar-refractivity contribution is 0.462. The molecule has 0 atom stereocenters. The molecule has 0 saturated carbocycles. The molecule has 0 aliphatic heterocycles. The first kappa shape index (κ1) is 12.8. The number of aromatic amines is 1. The van der Waals surface area contributed by atoms with Crippen LogP contribution in [0.1, 0.15) is 26.1 Å². The number of halogens is 1. The number of aromatic nitrogens is 2. The van der Waals surface area contributed by atoms with E-state index in [0.29, 0.717) is 6.54 Å². The Hall–Kier alpha value is -1.68. The molecule has 1 heterocycles. The van der Waals surface area contributed by atoms with Gasteiger partial charge in [-0.2, -0.15) is 0 Å². The molecular weight excluding hydrogens is 229 g/mol. The second-order valence-electron chi connectivity index (χ2n) is 5.08. The molecule has 3 N–H and O–H groups in total. The Morgan fingerprint density at radius 3 is 2.83 bits per heavy atom. The molecule has 0 saturated heterocycles. The molecule has 1 aromatic heterocycles. The second-order valence-corrected chi connectivity index (χ2v) is 5.08. The smallest absolute Gasteiger partial charge is 0.123 e. The number of hydrogen-bond acceptors (Lipinski definition) is 2. The predicted octanol–water partition coefficient (Wildman–Crippen LogP) is 2.84. The third kappa shape index (κ3) is 2.59. The van der Waals surface area contributed by atoms with Crippen molar-refractivity contribution < 1.29 is 4.39 Å². The summed E-state index contributed by atoms with van der Waals surface area (Å²) in [5, 5.41) is 0. The molecule has 18 heavy (non-hydrogen) atoms. The molecule has 4 heteroatoms. The Kier molecular flexibility index (Phi) is 3.48. The standard InChI is InChI=1S/C14H18FN3/c1-14(2,6-7-16)13-17-9-12(18-13)10-4-3-5-11(15)8-10/h3-5,8-9H,6-7,16H2,1-2H3,(H,17,18). The minimum absolute atomic E-state index is 0.0969. The maximum Gasteiger partial charge on any atom is 0.123 e. The van der Waals surface area contributed by atoms with Gasteiger partial charge in [-0.25, -0.2) is 9.37 Å². The number of H-pyrrole nitrogens is 1. The Morgan fingerprint density at radius 2 is 2.17 bits per heavy atom. The molecular formula is C14H18FN3. The quantitative estimate of drug-likeness (QED) is 0.872. The largest absolute Gasteiger partial charge is 0.342 e. The third-order valence-corrected chi connectivity index (χ3v) is 3.12. The molecule has 0 aliphatic carbocycles. The average molecular weight is 247 g/mol. The van der Waals surface area contributed by atoms with E-state index in [1.165, 1.54) is 12.1 Å². The highest BCUT2D eigenvalue weighted by Gasteiger charge is 2.23. The summed E-state index contributed by atoms with van der Waals surface area (Å²) in [5.41, 5.74) is 7.13. The SMILES string of the molecule is CC(C)(CCN)c1ncc(-c2cccc(F)c2)[nH]1. The molecule has 1 aromatic carbocycles. The topological polar surface area (TPSA) is 54.7 Å². The molecule has 0 amide bonds. The molecule has 2 rings (SSSR count). The van der Waals surface area contributed by atoms with E-state index in [2.05, 4.69) is 23.8 Å². The second kappa shape index (κ2) is 4.90. The van der Waals surface area contributed by atoms with E-state index in [9.17, 15) is 4.39 Å². The van der Waals surface area contributed by atoms with Crippen molar-refractivity contribution in [2.45, 2.75) is 25.7 Å². The van der Waals surface area contributed by atoms with Crippen molar-refractivity contribution in [3.8, 4) is 11.3 Å². The lowest BCUT2D eigenvalue weighted by Crippen LogP contribution is -2.23. The van der Waals surface area contributed by atoms with Crippen LogP contribution in [0.15, 0.2) is 30.5 Å². The summed E-state index contributed by atoms with van der Waals surface area (Å²) in [6.45, 7) is 4.80. The Labute approximate surface area is 106 Å². The van der Waals surface area contributed by atoms with Crippen molar-refractivity contribution in [2.75, 3.05) is 6.54 Å². The summed E-state index contributed by atoms with van der Waals surface area (Å²) in [4.78, 5) is 7.63. The van der Waals surface area contributed by atoms with Crippen LogP contribution in [-0.4, -0.2) is 16.5 Å². The first-order valence-corrected chi connectivity index (χ1v) is 6.04. The average Bonchev–Trinajstić information content (AvgIpc) is 2.78. The van der Waals surface area contributed by atoms with Gasteiger partial charge in [0.25, 0.3) is 0 Å². The van der Waals surface area contributed by atoms with Crippen LogP contribution in [-0.2, 0) is 5.41 Å². The molecule has 0 radical (unpaired) electrons. The summed E-state index contributed by atoms with van der Waals surface area (Å²) in [6.07, 6.45) is 2.59. The first-order chi connectivity index (χ1) is 8.53. The number of nitrogens with zero attached hydrogens (tertiary/aromatic N) is 1. The molecule has 2 aromatic rings. The molecule has 0 bridgehead atoms. The molecule has 96 valence electrons. The molecule has 0 aliphatic rings. The fourth-order valence-corrected chi connectivity index (χ4v) is 1.95. The van der Waals surface area contributed by atoms with Gasteiger partial charge in [-0.1, -0.05) is 26.0 Å². The van der Waals surface area contributed by atoms with Gasteiger partial charge in [0.1, 0.15) is 11.6 Å². The van der Waals surface area contributed by atoms with Gasteiger partial charge in [0.15, 0.2) is 0 Å². The van der Waals surface area contributed by atoms with Crippen LogP contribution in [0.3, 0.4) is 0 Å². The fourth-order valence-electron chi connectivity index (χ4n) is 1.95. The van der Waals surface area contributed by atoms with Gasteiger partial charge >= 0.3 is 0 Å². The summed E-state index contributed by atoms with van der Waals surface area (Å²) >= 11 is 0. The summed E-state index contributed by atoms with van der Waals surface area (Å²) in [6, 6.07) is 6.47. The molecule has 0 unspecified atom stereocenters. The van der Waals surface area contributed by atoms with Crippen molar-refractivity contribution in [2.24, 2.45) is 5.73 Å². The van der Waals surface area contributed by atoms with Crippen LogP contribution >= 0.6 is 0 Å². The lowest BCUT2D eigenvalue weighted by atomic mass is 9.88. The van der Waals surface area contributed by atoms with Crippen molar-refractivity contribution in [1.29, 1.82) is 0 Å². The zero-order valence-electron chi connectivity index (χ0n) is 10.7. The minimum Gasteiger partial charge on any atom is -0.342 e. The van der Waals surface area contributed by atoms with Gasteiger partial charge in [0, 0.05) is 11.0 Å². The Morgan fingerprint density at radius 1 is 1.39 bits per heavy atom. The molecule has 3 nitrogen and oxygen atoms in total. The third-order valence-electron chi connectivity index (χ3n) is 3.12. The van der Waals surface area contributed by atoms with Gasteiger partial charge in [-0.15, -0.1) is 0 Å². The van der Waals surface area contributed by atoms with Crippen molar-refractivity contribution in [1.82, 2.24) is 9.97 Å². The van der Waals surface area contributed by atoms with E-state index in [1.807, 2.05) is 6.07 Å². The van der Waals surface area contributed by atoms with Gasteiger partial charge in [0.2, 0.25) is 0 Å². The van der Waals surface area contributed by atoms with E-state index in [4.69, 9.17) is 5.73 Å². The van der Waals surface area contributed by atoms with Gasteiger partial charge < -0.3 is 10.7 Å². The normalized spacial score (nSPS) is 11.8. The number of rotatable bonds is 4. The lowest BCUT2D eigenvalue weighted by Gasteiger charge is -2.20. The Balaban J connectivity index is 2.31. The summed E-state index contributed by atoms with van der Waals surface area (Å²) in [7, 11) is 0. The van der Waals surface area contributed by atoms with E-state index in [1.54, 1.807) is 12.3 Å². The number of hydrogen-bond donors (Lipinski definition) is 2. The zero-order valence-corrected chi connectivity index (χ0v) is 10.7. The van der Waals surface area contributed by atoms with Crippen LogP contribution in [0.5, 0.6) is 0 Å². The molecule has 0 fully saturated rings. The Bertz CT molecular complexity index is 531. The molecule has 0 spiro atoms. The highest BCUT2D eigenvalue weighted by molar-refractivity contribution is 5.58. The van der Waals surface area contributed by atoms with Crippen molar-refractivity contribution in [3.63, 3.8) is 0 Å². The van der Waals surface area contributed by atoms with Crippen LogP contribution in [0.25, 0.3) is 11.3 Å². The van der Waals surface area contributed by atoms with E-state index in [0.717, 1.165) is 23.5 Å². The highest BCUT2D eigenvalue weighted by Crippen LogP contribution is 2.26. The number of imidazole rings is 1. The number of nitrogens with one attached hydrogen (secondary N) is 1. The summed E-state index contributed by atoms with van der Waals surface area (Å²) in [5.74, 6) is 0.636. The number of benzene rings is 1. The van der Waals surface area contributed by atoms with E-state index < -0.39 is 0 Å². The van der Waals surface area contributed by atoms with E-state index in [-0.39, 0.29) is 11.2 Å². The van der Waals surface area contributed by atoms with Crippen LogP contribution in [0.2, 0.25) is 0 Å². The zero-order chi connectivity index (χ0) is 13.2. The van der Waals surface area contributed by atoms with Crippen molar-refractivity contribution in [3.05, 3.63) is 42.1 Å². The van der Waals surface area contributed by atoms with Crippen molar-refractivity contribution >= 4 is 0 Å². The summed E-state index contributed by atoms with van der Waals surface area (Å²) < 4.78 is 13.2. The van der Waals surface area contributed by atoms with Crippen LogP contribution in [0.4, 0.5) is 4.39 Å². The highest BCUT2D eigenvalue weighted by atomic mass is 19.1. The minimum atomic E-state index is -0.245.